The van der Waals surface area contributed by atoms with Gasteiger partial charge in [-0.2, -0.15) is 0 Å². The maximum atomic E-state index is 10.0. The monoisotopic (exact) mass is 498 g/mol. The van der Waals surface area contributed by atoms with Gasteiger partial charge in [-0.3, -0.25) is 9.78 Å². The van der Waals surface area contributed by atoms with Crippen molar-refractivity contribution in [3.05, 3.63) is 78.7 Å². The normalized spacial score (nSPS) is 10.3. The molecule has 24 heavy (non-hydrogen) atoms. The SMILES string of the molecule is CC(=O)/C=C(/C)O.[Ir].c1ccc(-c2nccc3ccccc23)cc1. The molecule has 0 saturated carbocycles. The Labute approximate surface area is 155 Å². The summed E-state index contributed by atoms with van der Waals surface area (Å²) in [5, 5.41) is 10.8. The fourth-order valence-corrected chi connectivity index (χ4v) is 2.24. The van der Waals surface area contributed by atoms with E-state index in [9.17, 15) is 4.79 Å². The number of fused-ring (bicyclic) bond motifs is 1. The molecule has 0 bridgehead atoms. The molecule has 1 aromatic heterocycles. The molecule has 3 rings (SSSR count). The van der Waals surface area contributed by atoms with Crippen molar-refractivity contribution < 1.29 is 30.0 Å². The van der Waals surface area contributed by atoms with Crippen LogP contribution < -0.4 is 0 Å². The third-order valence-corrected chi connectivity index (χ3v) is 3.13. The summed E-state index contributed by atoms with van der Waals surface area (Å²) >= 11 is 0. The molecule has 2 aromatic carbocycles. The zero-order valence-corrected chi connectivity index (χ0v) is 16.0. The number of carbonyl (C=O) groups excluding carboxylic acids is 1. The number of carbonyl (C=O) groups is 1. The third kappa shape index (κ3) is 5.73. The standard InChI is InChI=1S/C15H11N.C5H8O2.Ir/c1-2-7-13(8-3-1)15-14-9-5-4-6-12(14)10-11-16-15;1-4(6)3-5(2)7;/h1-11H;3,6H,1-2H3;/b;4-3-;. The van der Waals surface area contributed by atoms with E-state index in [0.29, 0.717) is 0 Å². The summed E-state index contributed by atoms with van der Waals surface area (Å²) in [4.78, 5) is 14.5. The number of nitrogens with zero attached hydrogens (tertiary/aromatic N) is 1. The Morgan fingerprint density at radius 1 is 0.958 bits per heavy atom. The van der Waals surface area contributed by atoms with E-state index in [1.807, 2.05) is 30.5 Å². The summed E-state index contributed by atoms with van der Waals surface area (Å²) in [5.41, 5.74) is 2.22. The topological polar surface area (TPSA) is 50.2 Å². The van der Waals surface area contributed by atoms with Gasteiger partial charge in [-0.1, -0.05) is 54.6 Å². The molecule has 0 atom stereocenters. The minimum atomic E-state index is -0.125. The van der Waals surface area contributed by atoms with E-state index in [1.165, 1.54) is 36.3 Å². The average Bonchev–Trinajstić information content (AvgIpc) is 2.54. The first-order valence-corrected chi connectivity index (χ1v) is 7.35. The molecule has 3 nitrogen and oxygen atoms in total. The summed E-state index contributed by atoms with van der Waals surface area (Å²) < 4.78 is 0. The predicted molar refractivity (Wildman–Crippen MR) is 94.2 cm³/mol. The molecule has 1 heterocycles. The zero-order valence-electron chi connectivity index (χ0n) is 13.6. The van der Waals surface area contributed by atoms with E-state index < -0.39 is 0 Å². The minimum Gasteiger partial charge on any atom is -0.512 e. The van der Waals surface area contributed by atoms with E-state index in [1.54, 1.807) is 0 Å². The second kappa shape index (κ2) is 9.76. The maximum absolute atomic E-state index is 10.0. The molecule has 3 aromatic rings. The van der Waals surface area contributed by atoms with Gasteiger partial charge in [0.05, 0.1) is 11.5 Å². The van der Waals surface area contributed by atoms with Gasteiger partial charge in [-0.05, 0) is 25.3 Å². The Bertz CT molecular complexity index is 820. The van der Waals surface area contributed by atoms with Crippen LogP contribution in [-0.4, -0.2) is 15.9 Å². The van der Waals surface area contributed by atoms with Gasteiger partial charge in [-0.25, -0.2) is 0 Å². The molecule has 0 aliphatic rings. The van der Waals surface area contributed by atoms with Crippen LogP contribution in [0.2, 0.25) is 0 Å². The van der Waals surface area contributed by atoms with E-state index in [2.05, 4.69) is 41.4 Å². The summed E-state index contributed by atoms with van der Waals surface area (Å²) in [5.74, 6) is -0.0625. The Hall–Kier alpha value is -2.29. The molecule has 1 N–H and O–H groups in total. The second-order valence-corrected chi connectivity index (χ2v) is 5.14. The molecule has 0 aliphatic carbocycles. The van der Waals surface area contributed by atoms with Gasteiger partial charge in [-0.15, -0.1) is 0 Å². The van der Waals surface area contributed by atoms with Crippen LogP contribution >= 0.6 is 0 Å². The second-order valence-electron chi connectivity index (χ2n) is 5.14. The number of aliphatic hydroxyl groups is 1. The number of allylic oxidation sites excluding steroid dienone is 2. The first kappa shape index (κ1) is 19.8. The third-order valence-electron chi connectivity index (χ3n) is 3.13. The molecule has 0 amide bonds. The van der Waals surface area contributed by atoms with Crippen molar-refractivity contribution in [2.75, 3.05) is 0 Å². The fourth-order valence-electron chi connectivity index (χ4n) is 2.24. The van der Waals surface area contributed by atoms with Crippen LogP contribution in [0.1, 0.15) is 13.8 Å². The first-order valence-electron chi connectivity index (χ1n) is 7.35. The van der Waals surface area contributed by atoms with Crippen LogP contribution in [0.25, 0.3) is 22.0 Å². The summed E-state index contributed by atoms with van der Waals surface area (Å²) in [7, 11) is 0. The molecule has 4 heteroatoms. The van der Waals surface area contributed by atoms with E-state index in [-0.39, 0.29) is 31.6 Å². The van der Waals surface area contributed by atoms with Crippen molar-refractivity contribution in [2.24, 2.45) is 0 Å². The smallest absolute Gasteiger partial charge is 0.155 e. The van der Waals surface area contributed by atoms with E-state index in [4.69, 9.17) is 5.11 Å². The number of hydrogen-bond donors (Lipinski definition) is 1. The van der Waals surface area contributed by atoms with Gasteiger partial charge >= 0.3 is 0 Å². The molecule has 0 fully saturated rings. The van der Waals surface area contributed by atoms with Crippen LogP contribution in [0.5, 0.6) is 0 Å². The van der Waals surface area contributed by atoms with Gasteiger partial charge in [0.25, 0.3) is 0 Å². The van der Waals surface area contributed by atoms with Crippen molar-refractivity contribution in [1.29, 1.82) is 0 Å². The molecule has 0 spiro atoms. The fraction of sp³-hybridized carbons (Fsp3) is 0.100. The van der Waals surface area contributed by atoms with Crippen molar-refractivity contribution in [3.63, 3.8) is 0 Å². The minimum absolute atomic E-state index is 0. The van der Waals surface area contributed by atoms with Crippen LogP contribution in [0.4, 0.5) is 0 Å². The maximum Gasteiger partial charge on any atom is 0.155 e. The van der Waals surface area contributed by atoms with Crippen LogP contribution in [0.3, 0.4) is 0 Å². The van der Waals surface area contributed by atoms with E-state index >= 15 is 0 Å². The largest absolute Gasteiger partial charge is 0.512 e. The van der Waals surface area contributed by atoms with Crippen molar-refractivity contribution >= 4 is 16.6 Å². The summed E-state index contributed by atoms with van der Waals surface area (Å²) in [6.45, 7) is 2.85. The van der Waals surface area contributed by atoms with E-state index in [0.717, 1.165) is 5.69 Å². The van der Waals surface area contributed by atoms with Crippen molar-refractivity contribution in [3.8, 4) is 11.3 Å². The van der Waals surface area contributed by atoms with Crippen LogP contribution in [-0.2, 0) is 24.9 Å². The summed E-state index contributed by atoms with van der Waals surface area (Å²) in [6, 6.07) is 20.7. The van der Waals surface area contributed by atoms with Crippen LogP contribution in [0, 0.1) is 0 Å². The quantitative estimate of drug-likeness (QED) is 0.403. The number of aromatic nitrogens is 1. The number of hydrogen-bond acceptors (Lipinski definition) is 3. The average molecular weight is 498 g/mol. The number of rotatable bonds is 2. The molecular weight excluding hydrogens is 478 g/mol. The molecule has 125 valence electrons. The molecule has 1 radical (unpaired) electrons. The van der Waals surface area contributed by atoms with Crippen molar-refractivity contribution in [1.82, 2.24) is 4.98 Å². The van der Waals surface area contributed by atoms with Gasteiger partial charge in [0.1, 0.15) is 0 Å². The summed E-state index contributed by atoms with van der Waals surface area (Å²) in [6.07, 6.45) is 3.03. The molecular formula is C20H19IrNO2. The number of benzene rings is 2. The van der Waals surface area contributed by atoms with Gasteiger partial charge in [0.2, 0.25) is 0 Å². The first-order chi connectivity index (χ1) is 11.1. The number of aliphatic hydroxyl groups excluding tert-OH is 1. The van der Waals surface area contributed by atoms with Crippen LogP contribution in [0.15, 0.2) is 78.7 Å². The molecule has 0 unspecified atom stereocenters. The number of pyridine rings is 1. The van der Waals surface area contributed by atoms with Crippen molar-refractivity contribution in [2.45, 2.75) is 13.8 Å². The predicted octanol–water partition coefficient (Wildman–Crippen LogP) is 4.94. The Balaban J connectivity index is 0.000000312. The van der Waals surface area contributed by atoms with Gasteiger partial charge < -0.3 is 5.11 Å². The molecule has 0 aliphatic heterocycles. The number of ketones is 1. The van der Waals surface area contributed by atoms with Gasteiger partial charge in [0.15, 0.2) is 5.78 Å². The van der Waals surface area contributed by atoms with Gasteiger partial charge in [0, 0.05) is 43.3 Å². The Morgan fingerprint density at radius 3 is 2.17 bits per heavy atom. The Morgan fingerprint density at radius 2 is 1.58 bits per heavy atom. The zero-order chi connectivity index (χ0) is 16.7. The molecule has 0 saturated heterocycles. The Kier molecular flexibility index (Phi) is 8.03.